The Balaban J connectivity index is 1.83. The highest BCUT2D eigenvalue weighted by atomic mass is 19.1. The highest BCUT2D eigenvalue weighted by Crippen LogP contribution is 2.41. The number of aliphatic hydroxyl groups is 1. The van der Waals surface area contributed by atoms with Gasteiger partial charge in [0.25, 0.3) is 11.7 Å². The van der Waals surface area contributed by atoms with Gasteiger partial charge < -0.3 is 19.5 Å². The van der Waals surface area contributed by atoms with Crippen molar-refractivity contribution in [1.29, 1.82) is 0 Å². The summed E-state index contributed by atoms with van der Waals surface area (Å²) in [6.07, 6.45) is 0.340. The molecular weight excluding hydrogens is 485 g/mol. The summed E-state index contributed by atoms with van der Waals surface area (Å²) in [6, 6.07) is 16.0. The molecule has 7 heteroatoms. The van der Waals surface area contributed by atoms with Crippen molar-refractivity contribution in [2.75, 3.05) is 13.7 Å². The van der Waals surface area contributed by atoms with Crippen molar-refractivity contribution < 1.29 is 28.6 Å². The van der Waals surface area contributed by atoms with Crippen molar-refractivity contribution in [1.82, 2.24) is 4.90 Å². The van der Waals surface area contributed by atoms with Crippen LogP contribution in [0, 0.1) is 19.7 Å². The molecule has 1 aliphatic heterocycles. The molecule has 1 saturated heterocycles. The number of hydrogen-bond donors (Lipinski definition) is 1. The zero-order chi connectivity index (χ0) is 27.6. The van der Waals surface area contributed by atoms with Gasteiger partial charge in [-0.05, 0) is 92.8 Å². The third-order valence-electron chi connectivity index (χ3n) is 6.64. The van der Waals surface area contributed by atoms with Crippen LogP contribution in [0.3, 0.4) is 0 Å². The minimum atomic E-state index is -0.826. The third kappa shape index (κ3) is 5.42. The minimum Gasteiger partial charge on any atom is -0.507 e. The van der Waals surface area contributed by atoms with Crippen LogP contribution in [-0.4, -0.2) is 41.5 Å². The Hall–Kier alpha value is -4.13. The van der Waals surface area contributed by atoms with Gasteiger partial charge in [0.15, 0.2) is 0 Å². The van der Waals surface area contributed by atoms with E-state index in [1.165, 1.54) is 17.0 Å². The lowest BCUT2D eigenvalue weighted by molar-refractivity contribution is -0.139. The number of aryl methyl sites for hydroxylation is 2. The zero-order valence-corrected chi connectivity index (χ0v) is 22.2. The predicted molar refractivity (Wildman–Crippen MR) is 144 cm³/mol. The molecule has 1 heterocycles. The first kappa shape index (κ1) is 26.9. The van der Waals surface area contributed by atoms with Gasteiger partial charge in [0.2, 0.25) is 0 Å². The quantitative estimate of drug-likeness (QED) is 0.229. The molecule has 3 aromatic carbocycles. The monoisotopic (exact) mass is 517 g/mol. The molecule has 198 valence electrons. The third-order valence-corrected chi connectivity index (χ3v) is 6.64. The molecule has 3 aromatic rings. The molecule has 38 heavy (non-hydrogen) atoms. The molecule has 4 rings (SSSR count). The maximum atomic E-state index is 13.4. The standard InChI is InChI=1S/C31H32FNO5/c1-18(2)38-24-8-6-7-22(17-24)28-27(29(34)25-15-20(4)26(37-5)16-19(25)3)30(35)31(36)33(28)14-13-21-9-11-23(32)12-10-21/h6-12,15-18,28,34H,13-14H2,1-5H3/b29-27+. The Kier molecular flexibility index (Phi) is 7.86. The summed E-state index contributed by atoms with van der Waals surface area (Å²) in [4.78, 5) is 28.3. The van der Waals surface area contributed by atoms with E-state index in [4.69, 9.17) is 9.47 Å². The molecule has 1 N–H and O–H groups in total. The number of likely N-dealkylation sites (tertiary alicyclic amines) is 1. The van der Waals surface area contributed by atoms with E-state index in [0.29, 0.717) is 34.6 Å². The van der Waals surface area contributed by atoms with E-state index in [9.17, 15) is 19.1 Å². The average molecular weight is 518 g/mol. The number of nitrogens with zero attached hydrogens (tertiary/aromatic N) is 1. The number of rotatable bonds is 8. The Labute approximate surface area is 222 Å². The zero-order valence-electron chi connectivity index (χ0n) is 22.2. The fourth-order valence-electron chi connectivity index (χ4n) is 4.80. The molecule has 0 radical (unpaired) electrons. The van der Waals surface area contributed by atoms with Gasteiger partial charge in [0.1, 0.15) is 23.1 Å². The summed E-state index contributed by atoms with van der Waals surface area (Å²) in [7, 11) is 1.57. The van der Waals surface area contributed by atoms with Gasteiger partial charge in [-0.25, -0.2) is 4.39 Å². The number of benzene rings is 3. The van der Waals surface area contributed by atoms with E-state index >= 15 is 0 Å². The van der Waals surface area contributed by atoms with Crippen molar-refractivity contribution >= 4 is 17.4 Å². The number of aliphatic hydroxyl groups excluding tert-OH is 1. The van der Waals surface area contributed by atoms with Gasteiger partial charge in [-0.2, -0.15) is 0 Å². The maximum Gasteiger partial charge on any atom is 0.295 e. The molecule has 0 spiro atoms. The number of Topliss-reactive ketones (excluding diaryl/α,β-unsaturated/α-hetero) is 1. The summed E-state index contributed by atoms with van der Waals surface area (Å²) >= 11 is 0. The van der Waals surface area contributed by atoms with Crippen molar-refractivity contribution in [3.63, 3.8) is 0 Å². The van der Waals surface area contributed by atoms with Gasteiger partial charge in [0, 0.05) is 12.1 Å². The maximum absolute atomic E-state index is 13.4. The van der Waals surface area contributed by atoms with Crippen molar-refractivity contribution in [2.45, 2.75) is 46.3 Å². The van der Waals surface area contributed by atoms with E-state index < -0.39 is 17.7 Å². The van der Waals surface area contributed by atoms with Crippen molar-refractivity contribution in [3.05, 3.63) is 99.9 Å². The summed E-state index contributed by atoms with van der Waals surface area (Å²) in [6.45, 7) is 7.69. The smallest absolute Gasteiger partial charge is 0.295 e. The predicted octanol–water partition coefficient (Wildman–Crippen LogP) is 5.90. The van der Waals surface area contributed by atoms with Gasteiger partial charge in [0.05, 0.1) is 24.8 Å². The second kappa shape index (κ2) is 11.1. The van der Waals surface area contributed by atoms with Crippen molar-refractivity contribution in [2.24, 2.45) is 0 Å². The lowest BCUT2D eigenvalue weighted by atomic mass is 9.93. The molecule has 0 saturated carbocycles. The van der Waals surface area contributed by atoms with Gasteiger partial charge in [-0.15, -0.1) is 0 Å². The summed E-state index contributed by atoms with van der Waals surface area (Å²) in [5.41, 5.74) is 3.44. The van der Waals surface area contributed by atoms with Crippen LogP contribution < -0.4 is 9.47 Å². The SMILES string of the molecule is COc1cc(C)c(/C(O)=C2\C(=O)C(=O)N(CCc3ccc(F)cc3)C2c2cccc(OC(C)C)c2)cc1C. The molecule has 1 atom stereocenters. The second-order valence-electron chi connectivity index (χ2n) is 9.74. The van der Waals surface area contributed by atoms with Crippen LogP contribution in [0.1, 0.15) is 47.7 Å². The Bertz CT molecular complexity index is 1390. The number of hydrogen-bond acceptors (Lipinski definition) is 5. The van der Waals surface area contributed by atoms with Crippen LogP contribution in [0.2, 0.25) is 0 Å². The van der Waals surface area contributed by atoms with Crippen LogP contribution in [0.25, 0.3) is 5.76 Å². The topological polar surface area (TPSA) is 76.1 Å². The summed E-state index contributed by atoms with van der Waals surface area (Å²) < 4.78 is 24.7. The number of halogens is 1. The molecule has 0 aromatic heterocycles. The van der Waals surface area contributed by atoms with Crippen LogP contribution in [0.4, 0.5) is 4.39 Å². The van der Waals surface area contributed by atoms with Crippen LogP contribution in [0.15, 0.2) is 66.2 Å². The molecule has 1 fully saturated rings. The molecular formula is C31H32FNO5. The van der Waals surface area contributed by atoms with E-state index in [1.807, 2.05) is 39.8 Å². The van der Waals surface area contributed by atoms with E-state index in [1.54, 1.807) is 43.5 Å². The number of methoxy groups -OCH3 is 1. The van der Waals surface area contributed by atoms with E-state index in [2.05, 4.69) is 0 Å². The average Bonchev–Trinajstić information content (AvgIpc) is 3.13. The first-order valence-corrected chi connectivity index (χ1v) is 12.6. The van der Waals surface area contributed by atoms with Gasteiger partial charge >= 0.3 is 0 Å². The fourth-order valence-corrected chi connectivity index (χ4v) is 4.80. The molecule has 1 aliphatic rings. The molecule has 0 aliphatic carbocycles. The molecule has 6 nitrogen and oxygen atoms in total. The number of ether oxygens (including phenoxy) is 2. The molecule has 1 unspecified atom stereocenters. The van der Waals surface area contributed by atoms with Crippen LogP contribution >= 0.6 is 0 Å². The number of carbonyl (C=O) groups is 2. The highest BCUT2D eigenvalue weighted by Gasteiger charge is 2.46. The number of carbonyl (C=O) groups excluding carboxylic acids is 2. The second-order valence-corrected chi connectivity index (χ2v) is 9.74. The Morgan fingerprint density at radius 2 is 1.74 bits per heavy atom. The normalized spacial score (nSPS) is 16.8. The first-order valence-electron chi connectivity index (χ1n) is 12.6. The molecule has 0 bridgehead atoms. The van der Waals surface area contributed by atoms with E-state index in [-0.39, 0.29) is 29.8 Å². The van der Waals surface area contributed by atoms with Crippen LogP contribution in [0.5, 0.6) is 11.5 Å². The fraction of sp³-hybridized carbons (Fsp3) is 0.290. The largest absolute Gasteiger partial charge is 0.507 e. The summed E-state index contributed by atoms with van der Waals surface area (Å²) in [5.74, 6) is -0.782. The molecule has 1 amide bonds. The summed E-state index contributed by atoms with van der Waals surface area (Å²) in [5, 5.41) is 11.5. The first-order chi connectivity index (χ1) is 18.1. The number of ketones is 1. The Morgan fingerprint density at radius 1 is 1.03 bits per heavy atom. The van der Waals surface area contributed by atoms with Crippen molar-refractivity contribution in [3.8, 4) is 11.5 Å². The Morgan fingerprint density at radius 3 is 2.39 bits per heavy atom. The lowest BCUT2D eigenvalue weighted by Crippen LogP contribution is -2.31. The van der Waals surface area contributed by atoms with Gasteiger partial charge in [-0.1, -0.05) is 24.3 Å². The highest BCUT2D eigenvalue weighted by molar-refractivity contribution is 6.46. The minimum absolute atomic E-state index is 0.0171. The van der Waals surface area contributed by atoms with E-state index in [0.717, 1.165) is 11.1 Å². The number of amides is 1. The lowest BCUT2D eigenvalue weighted by Gasteiger charge is -2.26. The van der Waals surface area contributed by atoms with Gasteiger partial charge in [-0.3, -0.25) is 9.59 Å². The van der Waals surface area contributed by atoms with Crippen LogP contribution in [-0.2, 0) is 16.0 Å².